The van der Waals surface area contributed by atoms with Crippen LogP contribution in [0.15, 0.2) is 65.5 Å². The second-order valence-corrected chi connectivity index (χ2v) is 13.7. The summed E-state index contributed by atoms with van der Waals surface area (Å²) in [7, 11) is 0. The van der Waals surface area contributed by atoms with Crippen LogP contribution >= 0.6 is 11.3 Å². The summed E-state index contributed by atoms with van der Waals surface area (Å²) >= 11 is 0.994. The van der Waals surface area contributed by atoms with E-state index in [-0.39, 0.29) is 47.3 Å². The Labute approximate surface area is 301 Å². The van der Waals surface area contributed by atoms with Crippen molar-refractivity contribution in [2.75, 3.05) is 39.3 Å². The quantitative estimate of drug-likeness (QED) is 0.0739. The van der Waals surface area contributed by atoms with E-state index in [1.807, 2.05) is 17.0 Å². The van der Waals surface area contributed by atoms with Gasteiger partial charge < -0.3 is 36.0 Å². The fourth-order valence-corrected chi connectivity index (χ4v) is 7.28. The molecule has 6 N–H and O–H groups in total. The van der Waals surface area contributed by atoms with Gasteiger partial charge in [-0.25, -0.2) is 13.6 Å². The molecule has 0 radical (unpaired) electrons. The van der Waals surface area contributed by atoms with Crippen molar-refractivity contribution in [3.05, 3.63) is 98.7 Å². The summed E-state index contributed by atoms with van der Waals surface area (Å²) in [5, 5.41) is 23.3. The van der Waals surface area contributed by atoms with E-state index in [4.69, 9.17) is 5.73 Å². The standard InChI is InChI=1S/C30H39FN4O5S.C8H10FN/c31-23-7-5-6-21(20-23)12-15-32-16-13-26(37)35(24-8-3-1-2-4-9-24)19-18-34(30(39)40)17-14-22-10-11-25(36)27-28(22)41-29(38)33-27;9-8-3-1-2-7(6-8)4-5-10/h5-7,10-11,20,24,32,36H,1-4,8-9,12-19H2,(H,33,38)(H,39,40);1-3,6H,4-5,10H2. The number of carbonyl (C=O) groups excluding carboxylic acids is 1. The maximum atomic E-state index is 13.4. The van der Waals surface area contributed by atoms with Crippen LogP contribution in [-0.4, -0.2) is 82.3 Å². The Hall–Kier alpha value is -4.33. The van der Waals surface area contributed by atoms with Crippen LogP contribution in [0.4, 0.5) is 13.6 Å². The topological polar surface area (TPSA) is 152 Å². The van der Waals surface area contributed by atoms with E-state index in [1.165, 1.54) is 35.2 Å². The van der Waals surface area contributed by atoms with Gasteiger partial charge in [-0.3, -0.25) is 9.59 Å². The molecule has 13 heteroatoms. The van der Waals surface area contributed by atoms with Crippen molar-refractivity contribution in [2.45, 2.75) is 70.3 Å². The van der Waals surface area contributed by atoms with E-state index in [0.717, 1.165) is 73.0 Å². The van der Waals surface area contributed by atoms with Crippen LogP contribution in [0, 0.1) is 11.6 Å². The number of fused-ring (bicyclic) bond motifs is 1. The summed E-state index contributed by atoms with van der Waals surface area (Å²) in [5.41, 5.74) is 8.30. The molecule has 0 unspecified atom stereocenters. The van der Waals surface area contributed by atoms with Crippen LogP contribution in [-0.2, 0) is 24.1 Å². The number of aromatic hydroxyl groups is 1. The Balaban J connectivity index is 0.000000502. The average molecular weight is 726 g/mol. The van der Waals surface area contributed by atoms with Gasteiger partial charge >= 0.3 is 11.0 Å². The van der Waals surface area contributed by atoms with Crippen molar-refractivity contribution in [1.82, 2.24) is 20.1 Å². The number of benzene rings is 3. The molecule has 4 aromatic rings. The first-order chi connectivity index (χ1) is 24.6. The Morgan fingerprint density at radius 2 is 1.55 bits per heavy atom. The average Bonchev–Trinajstić information content (AvgIpc) is 3.31. The number of phenols is 1. The number of hydrogen-bond acceptors (Lipinski definition) is 7. The van der Waals surface area contributed by atoms with Crippen molar-refractivity contribution in [3.63, 3.8) is 0 Å². The summed E-state index contributed by atoms with van der Waals surface area (Å²) in [6.45, 7) is 2.42. The molecule has 3 aromatic carbocycles. The third-order valence-corrected chi connectivity index (χ3v) is 10.0. The first-order valence-electron chi connectivity index (χ1n) is 17.6. The van der Waals surface area contributed by atoms with Crippen LogP contribution in [0.3, 0.4) is 0 Å². The molecule has 0 saturated heterocycles. The van der Waals surface area contributed by atoms with Gasteiger partial charge in [-0.1, -0.05) is 67.4 Å². The molecule has 0 aliphatic heterocycles. The summed E-state index contributed by atoms with van der Waals surface area (Å²) < 4.78 is 26.5. The van der Waals surface area contributed by atoms with Crippen LogP contribution in [0.5, 0.6) is 5.75 Å². The monoisotopic (exact) mass is 725 g/mol. The second kappa shape index (κ2) is 20.5. The molecule has 1 aromatic heterocycles. The zero-order chi connectivity index (χ0) is 36.6. The zero-order valence-corrected chi connectivity index (χ0v) is 29.7. The van der Waals surface area contributed by atoms with Gasteiger partial charge in [-0.15, -0.1) is 0 Å². The molecule has 51 heavy (non-hydrogen) atoms. The Bertz CT molecular complexity index is 1760. The Morgan fingerprint density at radius 3 is 2.18 bits per heavy atom. The number of nitrogens with one attached hydrogen (secondary N) is 2. The number of phenolic OH excluding ortho intramolecular Hbond substituents is 1. The number of aromatic nitrogens is 1. The van der Waals surface area contributed by atoms with Gasteiger partial charge in [0.15, 0.2) is 0 Å². The van der Waals surface area contributed by atoms with Crippen molar-refractivity contribution in [2.24, 2.45) is 5.73 Å². The number of halogens is 2. The fourth-order valence-electron chi connectivity index (χ4n) is 6.39. The highest BCUT2D eigenvalue weighted by atomic mass is 32.1. The van der Waals surface area contributed by atoms with Crippen molar-refractivity contribution in [1.29, 1.82) is 0 Å². The van der Waals surface area contributed by atoms with E-state index in [0.29, 0.717) is 55.7 Å². The van der Waals surface area contributed by atoms with Gasteiger partial charge in [-0.2, -0.15) is 0 Å². The SMILES string of the molecule is NCCc1cccc(F)c1.O=C(O)N(CCc1ccc(O)c2[nH]c(=O)sc12)CCN(C(=O)CCNCCc1cccc(F)c1)C1CCCCCC1. The number of carboxylic acid groups (broad SMARTS) is 1. The maximum absolute atomic E-state index is 13.4. The molecular formula is C38H49F2N5O5S. The second-order valence-electron chi connectivity index (χ2n) is 12.8. The summed E-state index contributed by atoms with van der Waals surface area (Å²) in [6, 6.07) is 16.3. The number of thiazole rings is 1. The summed E-state index contributed by atoms with van der Waals surface area (Å²) in [5.74, 6) is -0.452. The highest BCUT2D eigenvalue weighted by molar-refractivity contribution is 7.16. The van der Waals surface area contributed by atoms with Gasteiger partial charge in [0.1, 0.15) is 22.9 Å². The molecule has 10 nitrogen and oxygen atoms in total. The molecule has 1 saturated carbocycles. The molecule has 276 valence electrons. The van der Waals surface area contributed by atoms with Crippen molar-refractivity contribution < 1.29 is 28.6 Å². The van der Waals surface area contributed by atoms with Gasteiger partial charge in [-0.05, 0) is 92.2 Å². The lowest BCUT2D eigenvalue weighted by molar-refractivity contribution is -0.134. The molecule has 0 atom stereocenters. The largest absolute Gasteiger partial charge is 0.506 e. The van der Waals surface area contributed by atoms with Crippen LogP contribution < -0.4 is 15.9 Å². The number of hydrogen-bond donors (Lipinski definition) is 5. The smallest absolute Gasteiger partial charge is 0.407 e. The van der Waals surface area contributed by atoms with Crippen molar-refractivity contribution in [3.8, 4) is 5.75 Å². The predicted octanol–water partition coefficient (Wildman–Crippen LogP) is 6.06. The molecular weight excluding hydrogens is 677 g/mol. The van der Waals surface area contributed by atoms with E-state index in [9.17, 15) is 33.4 Å². The lowest BCUT2D eigenvalue weighted by Gasteiger charge is -2.33. The molecule has 1 aliphatic carbocycles. The maximum Gasteiger partial charge on any atom is 0.407 e. The van der Waals surface area contributed by atoms with E-state index >= 15 is 0 Å². The molecule has 5 rings (SSSR count). The first kappa shape index (κ1) is 39.5. The number of H-pyrrole nitrogens is 1. The fraction of sp³-hybridized carbons (Fsp3) is 0.447. The van der Waals surface area contributed by atoms with E-state index < -0.39 is 6.09 Å². The number of nitrogens with zero attached hydrogens (tertiary/aromatic N) is 2. The minimum atomic E-state index is -1.06. The van der Waals surface area contributed by atoms with E-state index in [2.05, 4.69) is 10.3 Å². The van der Waals surface area contributed by atoms with Crippen LogP contribution in [0.1, 0.15) is 61.6 Å². The third kappa shape index (κ3) is 12.7. The highest BCUT2D eigenvalue weighted by Gasteiger charge is 2.26. The Kier molecular flexibility index (Phi) is 15.9. The van der Waals surface area contributed by atoms with Crippen LogP contribution in [0.25, 0.3) is 10.2 Å². The lowest BCUT2D eigenvalue weighted by atomic mass is 10.1. The van der Waals surface area contributed by atoms with Gasteiger partial charge in [0, 0.05) is 38.6 Å². The molecule has 2 amide bonds. The first-order valence-corrected chi connectivity index (χ1v) is 18.5. The third-order valence-electron chi connectivity index (χ3n) is 9.07. The Morgan fingerprint density at radius 1 is 0.882 bits per heavy atom. The number of rotatable bonds is 15. The summed E-state index contributed by atoms with van der Waals surface area (Å²) in [6.07, 6.45) is 7.28. The molecule has 1 aliphatic rings. The summed E-state index contributed by atoms with van der Waals surface area (Å²) in [4.78, 5) is 42.9. The molecule has 1 heterocycles. The number of aromatic amines is 1. The molecule has 0 spiro atoms. The van der Waals surface area contributed by atoms with Gasteiger partial charge in [0.05, 0.1) is 4.70 Å². The molecule has 0 bridgehead atoms. The number of nitrogens with two attached hydrogens (primary N) is 1. The minimum absolute atomic E-state index is 0.0119. The lowest BCUT2D eigenvalue weighted by Crippen LogP contribution is -2.46. The predicted molar refractivity (Wildman–Crippen MR) is 197 cm³/mol. The number of amides is 2. The van der Waals surface area contributed by atoms with E-state index in [1.54, 1.807) is 18.2 Å². The van der Waals surface area contributed by atoms with Gasteiger partial charge in [0.25, 0.3) is 0 Å². The van der Waals surface area contributed by atoms with Gasteiger partial charge in [0.2, 0.25) is 5.91 Å². The normalized spacial score (nSPS) is 13.3. The highest BCUT2D eigenvalue weighted by Crippen LogP contribution is 2.28. The number of carbonyl (C=O) groups is 2. The zero-order valence-electron chi connectivity index (χ0n) is 28.9. The van der Waals surface area contributed by atoms with Crippen LogP contribution in [0.2, 0.25) is 0 Å². The molecule has 1 fully saturated rings. The van der Waals surface area contributed by atoms with Crippen molar-refractivity contribution >= 4 is 33.6 Å². The minimum Gasteiger partial charge on any atom is -0.506 e.